The van der Waals surface area contributed by atoms with Crippen molar-refractivity contribution in [3.8, 4) is 11.5 Å². The van der Waals surface area contributed by atoms with E-state index in [-0.39, 0.29) is 28.9 Å². The quantitative estimate of drug-likeness (QED) is 0.718. The lowest BCUT2D eigenvalue weighted by atomic mass is 10.2. The molecule has 2 unspecified atom stereocenters. The number of amides is 1. The van der Waals surface area contributed by atoms with Crippen molar-refractivity contribution in [3.63, 3.8) is 0 Å². The van der Waals surface area contributed by atoms with Gasteiger partial charge in [-0.2, -0.15) is 0 Å². The van der Waals surface area contributed by atoms with E-state index in [1.54, 1.807) is 12.1 Å². The van der Waals surface area contributed by atoms with E-state index in [1.165, 1.54) is 25.1 Å². The Labute approximate surface area is 179 Å². The first-order valence-corrected chi connectivity index (χ1v) is 11.4. The molecule has 0 bridgehead atoms. The number of anilines is 1. The van der Waals surface area contributed by atoms with Gasteiger partial charge in [0.1, 0.15) is 18.8 Å². The van der Waals surface area contributed by atoms with Crippen LogP contribution in [0.5, 0.6) is 11.5 Å². The number of para-hydroxylation sites is 2. The number of carbonyl (C=O) groups is 1. The first-order valence-electron chi connectivity index (χ1n) is 8.77. The van der Waals surface area contributed by atoms with E-state index in [0.29, 0.717) is 11.5 Å². The molecule has 2 atom stereocenters. The number of halogens is 2. The van der Waals surface area contributed by atoms with Gasteiger partial charge in [0, 0.05) is 0 Å². The summed E-state index contributed by atoms with van der Waals surface area (Å²) in [6.07, 6.45) is 0.631. The summed E-state index contributed by atoms with van der Waals surface area (Å²) in [5, 5.41) is 3.20. The number of fused-ring (bicyclic) bond motifs is 1. The van der Waals surface area contributed by atoms with Gasteiger partial charge in [-0.05, 0) is 37.3 Å². The van der Waals surface area contributed by atoms with E-state index in [4.69, 9.17) is 32.7 Å². The van der Waals surface area contributed by atoms with Crippen LogP contribution in [0.15, 0.2) is 42.5 Å². The Bertz CT molecular complexity index is 1020. The molecule has 1 aliphatic rings. The minimum atomic E-state index is -3.76. The third-order valence-corrected chi connectivity index (χ3v) is 6.30. The van der Waals surface area contributed by atoms with Crippen molar-refractivity contribution in [1.29, 1.82) is 0 Å². The molecular formula is C19H20Cl2N2O5S. The lowest BCUT2D eigenvalue weighted by molar-refractivity contribution is -0.122. The molecule has 0 saturated heterocycles. The Morgan fingerprint density at radius 3 is 2.55 bits per heavy atom. The van der Waals surface area contributed by atoms with Gasteiger partial charge in [-0.25, -0.2) is 8.42 Å². The molecule has 1 amide bonds. The van der Waals surface area contributed by atoms with Gasteiger partial charge in [-0.3, -0.25) is 9.10 Å². The average Bonchev–Trinajstić information content (AvgIpc) is 2.67. The van der Waals surface area contributed by atoms with Crippen LogP contribution in [0.25, 0.3) is 0 Å². The minimum absolute atomic E-state index is 0.163. The number of nitrogens with one attached hydrogen (secondary N) is 1. The van der Waals surface area contributed by atoms with Gasteiger partial charge in [0.2, 0.25) is 15.9 Å². The molecule has 2 aromatic rings. The van der Waals surface area contributed by atoms with E-state index < -0.39 is 28.1 Å². The Kier molecular flexibility index (Phi) is 6.45. The highest BCUT2D eigenvalue weighted by molar-refractivity contribution is 7.92. The zero-order chi connectivity index (χ0) is 21.2. The zero-order valence-corrected chi connectivity index (χ0v) is 18.1. The second-order valence-corrected chi connectivity index (χ2v) is 9.25. The van der Waals surface area contributed by atoms with Crippen LogP contribution in [0, 0.1) is 0 Å². The third-order valence-electron chi connectivity index (χ3n) is 4.32. The summed E-state index contributed by atoms with van der Waals surface area (Å²) >= 11 is 11.9. The fourth-order valence-electron chi connectivity index (χ4n) is 2.96. The molecule has 0 aromatic heterocycles. The summed E-state index contributed by atoms with van der Waals surface area (Å²) in [5.41, 5.74) is 0.246. The first-order chi connectivity index (χ1) is 13.7. The van der Waals surface area contributed by atoms with Gasteiger partial charge >= 0.3 is 0 Å². The van der Waals surface area contributed by atoms with E-state index in [2.05, 4.69) is 5.32 Å². The topological polar surface area (TPSA) is 84.9 Å². The number of sulfonamides is 1. The molecule has 29 heavy (non-hydrogen) atoms. The number of ether oxygens (including phenoxy) is 2. The molecule has 1 aliphatic heterocycles. The van der Waals surface area contributed by atoms with Crippen LogP contribution in [0.4, 0.5) is 5.69 Å². The van der Waals surface area contributed by atoms with Crippen molar-refractivity contribution in [2.75, 3.05) is 23.7 Å². The maximum absolute atomic E-state index is 12.7. The van der Waals surface area contributed by atoms with Crippen molar-refractivity contribution >= 4 is 44.8 Å². The standard InChI is InChI=1S/C19H20Cl2N2O5S/c1-12(23(29(2,25)26)13-7-8-15(20)16(21)9-13)19(24)22-10-14-11-27-17-5-3-4-6-18(17)28-14/h3-9,12,14H,10-11H2,1-2H3,(H,22,24). The number of hydrogen-bond acceptors (Lipinski definition) is 5. The highest BCUT2D eigenvalue weighted by Gasteiger charge is 2.30. The second-order valence-electron chi connectivity index (χ2n) is 6.58. The summed E-state index contributed by atoms with van der Waals surface area (Å²) in [4.78, 5) is 12.7. The Morgan fingerprint density at radius 2 is 1.90 bits per heavy atom. The Morgan fingerprint density at radius 1 is 1.21 bits per heavy atom. The Balaban J connectivity index is 1.69. The van der Waals surface area contributed by atoms with Gasteiger partial charge in [0.05, 0.1) is 28.5 Å². The van der Waals surface area contributed by atoms with Crippen molar-refractivity contribution in [2.24, 2.45) is 0 Å². The smallest absolute Gasteiger partial charge is 0.243 e. The predicted molar refractivity (Wildman–Crippen MR) is 113 cm³/mol. The van der Waals surface area contributed by atoms with Crippen LogP contribution in [0.1, 0.15) is 6.92 Å². The molecule has 2 aromatic carbocycles. The van der Waals surface area contributed by atoms with Crippen molar-refractivity contribution in [3.05, 3.63) is 52.5 Å². The maximum Gasteiger partial charge on any atom is 0.243 e. The fraction of sp³-hybridized carbons (Fsp3) is 0.316. The summed E-state index contributed by atoms with van der Waals surface area (Å²) < 4.78 is 37.1. The summed E-state index contributed by atoms with van der Waals surface area (Å²) in [6, 6.07) is 10.6. The highest BCUT2D eigenvalue weighted by atomic mass is 35.5. The van der Waals surface area contributed by atoms with E-state index in [1.807, 2.05) is 12.1 Å². The maximum atomic E-state index is 12.7. The molecule has 0 saturated carbocycles. The molecule has 3 rings (SSSR count). The number of nitrogens with zero attached hydrogens (tertiary/aromatic N) is 1. The number of carbonyl (C=O) groups excluding carboxylic acids is 1. The van der Waals surface area contributed by atoms with E-state index >= 15 is 0 Å². The minimum Gasteiger partial charge on any atom is -0.486 e. The molecule has 0 fully saturated rings. The van der Waals surface area contributed by atoms with E-state index in [0.717, 1.165) is 10.6 Å². The van der Waals surface area contributed by atoms with Gasteiger partial charge in [-0.15, -0.1) is 0 Å². The van der Waals surface area contributed by atoms with Crippen LogP contribution in [-0.4, -0.2) is 45.9 Å². The number of hydrogen-bond donors (Lipinski definition) is 1. The van der Waals surface area contributed by atoms with Gasteiger partial charge in [0.15, 0.2) is 11.5 Å². The molecule has 10 heteroatoms. The van der Waals surface area contributed by atoms with Crippen LogP contribution < -0.4 is 19.1 Å². The molecule has 7 nitrogen and oxygen atoms in total. The Hall–Kier alpha value is -2.16. The molecule has 156 valence electrons. The van der Waals surface area contributed by atoms with E-state index in [9.17, 15) is 13.2 Å². The molecule has 0 spiro atoms. The molecule has 0 radical (unpaired) electrons. The predicted octanol–water partition coefficient (Wildman–Crippen LogP) is 3.10. The lowest BCUT2D eigenvalue weighted by Gasteiger charge is -2.30. The van der Waals surface area contributed by atoms with Crippen LogP contribution in [0.3, 0.4) is 0 Å². The monoisotopic (exact) mass is 458 g/mol. The highest BCUT2D eigenvalue weighted by Crippen LogP contribution is 2.31. The van der Waals surface area contributed by atoms with Crippen molar-refractivity contribution < 1.29 is 22.7 Å². The van der Waals surface area contributed by atoms with Gasteiger partial charge in [-0.1, -0.05) is 35.3 Å². The zero-order valence-electron chi connectivity index (χ0n) is 15.8. The SMILES string of the molecule is CC(C(=O)NCC1COc2ccccc2O1)N(c1ccc(Cl)c(Cl)c1)S(C)(=O)=O. The van der Waals surface area contributed by atoms with Crippen LogP contribution in [-0.2, 0) is 14.8 Å². The van der Waals surface area contributed by atoms with Crippen molar-refractivity contribution in [1.82, 2.24) is 5.32 Å². The van der Waals surface area contributed by atoms with Crippen LogP contribution >= 0.6 is 23.2 Å². The molecular weight excluding hydrogens is 439 g/mol. The molecule has 1 N–H and O–H groups in total. The van der Waals surface area contributed by atoms with Crippen LogP contribution in [0.2, 0.25) is 10.0 Å². The molecule has 1 heterocycles. The fourth-order valence-corrected chi connectivity index (χ4v) is 4.42. The normalized spacial score (nSPS) is 16.8. The van der Waals surface area contributed by atoms with Crippen molar-refractivity contribution in [2.45, 2.75) is 19.1 Å². The first kappa shape index (κ1) is 21.5. The van der Waals surface area contributed by atoms with Gasteiger partial charge in [0.25, 0.3) is 0 Å². The summed E-state index contributed by atoms with van der Waals surface area (Å²) in [6.45, 7) is 1.93. The molecule has 0 aliphatic carbocycles. The summed E-state index contributed by atoms with van der Waals surface area (Å²) in [7, 11) is -3.76. The number of rotatable bonds is 6. The summed E-state index contributed by atoms with van der Waals surface area (Å²) in [5.74, 6) is 0.759. The lowest BCUT2D eigenvalue weighted by Crippen LogP contribution is -2.50. The second kappa shape index (κ2) is 8.69. The van der Waals surface area contributed by atoms with Gasteiger partial charge < -0.3 is 14.8 Å². The largest absolute Gasteiger partial charge is 0.486 e. The number of benzene rings is 2. The average molecular weight is 459 g/mol. The third kappa shape index (κ3) is 5.07.